The third-order valence-corrected chi connectivity index (χ3v) is 6.44. The summed E-state index contributed by atoms with van der Waals surface area (Å²) in [6.45, 7) is 5.24. The van der Waals surface area contributed by atoms with E-state index in [-0.39, 0.29) is 24.4 Å². The molecule has 0 aliphatic carbocycles. The van der Waals surface area contributed by atoms with E-state index in [4.69, 9.17) is 4.98 Å². The van der Waals surface area contributed by atoms with Crippen molar-refractivity contribution in [1.82, 2.24) is 19.8 Å². The van der Waals surface area contributed by atoms with Gasteiger partial charge in [0.05, 0.1) is 11.0 Å². The number of rotatable bonds is 9. The number of nitrogens with one attached hydrogen (secondary N) is 1. The van der Waals surface area contributed by atoms with Crippen molar-refractivity contribution in [3.05, 3.63) is 100 Å². The van der Waals surface area contributed by atoms with E-state index in [0.717, 1.165) is 26.9 Å². The van der Waals surface area contributed by atoms with Gasteiger partial charge in [-0.1, -0.05) is 58.4 Å². The Labute approximate surface area is 214 Å². The Kier molecular flexibility index (Phi) is 7.98. The molecule has 0 saturated carbocycles. The van der Waals surface area contributed by atoms with Gasteiger partial charge in [0.15, 0.2) is 0 Å². The molecule has 0 aliphatic heterocycles. The van der Waals surface area contributed by atoms with Crippen LogP contribution in [0.4, 0.5) is 0 Å². The molecule has 0 bridgehead atoms. The van der Waals surface area contributed by atoms with Gasteiger partial charge in [0.1, 0.15) is 12.4 Å². The third kappa shape index (κ3) is 6.17. The first-order valence-electron chi connectivity index (χ1n) is 11.7. The molecule has 0 radical (unpaired) electrons. The maximum atomic E-state index is 13.5. The van der Waals surface area contributed by atoms with Crippen molar-refractivity contribution in [2.45, 2.75) is 39.4 Å². The van der Waals surface area contributed by atoms with Crippen LogP contribution < -0.4 is 5.32 Å². The molecule has 6 nitrogen and oxygen atoms in total. The van der Waals surface area contributed by atoms with Gasteiger partial charge in [0.2, 0.25) is 5.91 Å². The van der Waals surface area contributed by atoms with Crippen molar-refractivity contribution in [3.63, 3.8) is 0 Å². The molecule has 35 heavy (non-hydrogen) atoms. The number of carbonyl (C=O) groups excluding carboxylic acids is 2. The van der Waals surface area contributed by atoms with Gasteiger partial charge >= 0.3 is 0 Å². The number of fused-ring (bicyclic) bond motifs is 1. The fourth-order valence-electron chi connectivity index (χ4n) is 4.05. The van der Waals surface area contributed by atoms with Crippen LogP contribution in [0, 0.1) is 0 Å². The van der Waals surface area contributed by atoms with Crippen molar-refractivity contribution >= 4 is 38.8 Å². The van der Waals surface area contributed by atoms with E-state index < -0.39 is 0 Å². The van der Waals surface area contributed by atoms with Gasteiger partial charge in [0, 0.05) is 35.6 Å². The fourth-order valence-corrected chi connectivity index (χ4v) is 4.31. The monoisotopic (exact) mass is 532 g/mol. The highest BCUT2D eigenvalue weighted by molar-refractivity contribution is 9.10. The van der Waals surface area contributed by atoms with Gasteiger partial charge in [-0.2, -0.15) is 0 Å². The summed E-state index contributed by atoms with van der Waals surface area (Å²) >= 11 is 3.39. The van der Waals surface area contributed by atoms with E-state index in [0.29, 0.717) is 25.1 Å². The summed E-state index contributed by atoms with van der Waals surface area (Å²) in [5.74, 6) is 0.677. The molecule has 0 saturated heterocycles. The van der Waals surface area contributed by atoms with Crippen LogP contribution in [0.5, 0.6) is 0 Å². The zero-order chi connectivity index (χ0) is 24.8. The van der Waals surface area contributed by atoms with Gasteiger partial charge in [-0.25, -0.2) is 4.98 Å². The Morgan fingerprint density at radius 3 is 2.37 bits per heavy atom. The maximum Gasteiger partial charge on any atom is 0.251 e. The highest BCUT2D eigenvalue weighted by Gasteiger charge is 2.21. The number of hydrogen-bond donors (Lipinski definition) is 1. The lowest BCUT2D eigenvalue weighted by Crippen LogP contribution is -2.39. The Morgan fingerprint density at radius 2 is 1.66 bits per heavy atom. The number of nitrogens with zero attached hydrogens (tertiary/aromatic N) is 3. The van der Waals surface area contributed by atoms with Gasteiger partial charge < -0.3 is 14.8 Å². The summed E-state index contributed by atoms with van der Waals surface area (Å²) in [6.07, 6.45) is 0.518. The second-order valence-electron chi connectivity index (χ2n) is 8.72. The van der Waals surface area contributed by atoms with Crippen LogP contribution >= 0.6 is 15.9 Å². The number of imidazole rings is 1. The van der Waals surface area contributed by atoms with Gasteiger partial charge in [-0.3, -0.25) is 9.59 Å². The number of benzene rings is 3. The summed E-state index contributed by atoms with van der Waals surface area (Å²) in [6, 6.07) is 25.2. The molecule has 0 unspecified atom stereocenters. The number of amides is 2. The standard InChI is InChI=1S/C28H29BrN4O2/c1-20(2)32(18-21-8-4-3-5-9-21)27(34)19-33-25-11-7-6-10-24(25)31-26(33)16-17-30-28(35)22-12-14-23(29)15-13-22/h3-15,20H,16-19H2,1-2H3,(H,30,35). The van der Waals surface area contributed by atoms with Gasteiger partial charge in [-0.15, -0.1) is 0 Å². The van der Waals surface area contributed by atoms with Crippen LogP contribution in [-0.4, -0.2) is 38.9 Å². The summed E-state index contributed by atoms with van der Waals surface area (Å²) in [5, 5.41) is 2.96. The molecule has 7 heteroatoms. The lowest BCUT2D eigenvalue weighted by molar-refractivity contribution is -0.134. The molecule has 180 valence electrons. The summed E-state index contributed by atoms with van der Waals surface area (Å²) in [4.78, 5) is 32.6. The first-order chi connectivity index (χ1) is 16.9. The molecule has 0 atom stereocenters. The third-order valence-electron chi connectivity index (χ3n) is 5.91. The maximum absolute atomic E-state index is 13.5. The Hall–Kier alpha value is -3.45. The fraction of sp³-hybridized carbons (Fsp3) is 0.250. The van der Waals surface area contributed by atoms with Gasteiger partial charge in [-0.05, 0) is 55.8 Å². The topological polar surface area (TPSA) is 67.2 Å². The minimum absolute atomic E-state index is 0.0344. The molecule has 1 N–H and O–H groups in total. The molecule has 0 aliphatic rings. The predicted octanol–water partition coefficient (Wildman–Crippen LogP) is 5.21. The molecule has 4 rings (SSSR count). The molecular weight excluding hydrogens is 504 g/mol. The van der Waals surface area contributed by atoms with E-state index in [1.54, 1.807) is 12.1 Å². The highest BCUT2D eigenvalue weighted by Crippen LogP contribution is 2.18. The summed E-state index contributed by atoms with van der Waals surface area (Å²) in [7, 11) is 0. The highest BCUT2D eigenvalue weighted by atomic mass is 79.9. The zero-order valence-corrected chi connectivity index (χ0v) is 21.5. The molecular formula is C28H29BrN4O2. The molecule has 3 aromatic carbocycles. The Morgan fingerprint density at radius 1 is 0.971 bits per heavy atom. The van der Waals surface area contributed by atoms with Crippen LogP contribution in [0.1, 0.15) is 35.6 Å². The lowest BCUT2D eigenvalue weighted by atomic mass is 10.2. The molecule has 2 amide bonds. The van der Waals surface area contributed by atoms with Crippen LogP contribution in [-0.2, 0) is 24.3 Å². The first-order valence-corrected chi connectivity index (χ1v) is 12.5. The predicted molar refractivity (Wildman–Crippen MR) is 142 cm³/mol. The minimum atomic E-state index is -0.134. The average molecular weight is 533 g/mol. The number of hydrogen-bond acceptors (Lipinski definition) is 3. The van der Waals surface area contributed by atoms with Crippen molar-refractivity contribution < 1.29 is 9.59 Å². The van der Waals surface area contributed by atoms with Crippen LogP contribution in [0.2, 0.25) is 0 Å². The Balaban J connectivity index is 1.50. The Bertz CT molecular complexity index is 1300. The van der Waals surface area contributed by atoms with E-state index in [1.807, 2.05) is 90.0 Å². The largest absolute Gasteiger partial charge is 0.352 e. The van der Waals surface area contributed by atoms with E-state index >= 15 is 0 Å². The lowest BCUT2D eigenvalue weighted by Gasteiger charge is -2.27. The van der Waals surface area contributed by atoms with Gasteiger partial charge in [0.25, 0.3) is 5.91 Å². The van der Waals surface area contributed by atoms with Crippen LogP contribution in [0.15, 0.2) is 83.3 Å². The van der Waals surface area contributed by atoms with E-state index in [1.165, 1.54) is 0 Å². The molecule has 1 heterocycles. The number of carbonyl (C=O) groups is 2. The van der Waals surface area contributed by atoms with Crippen LogP contribution in [0.3, 0.4) is 0 Å². The second-order valence-corrected chi connectivity index (χ2v) is 9.63. The van der Waals surface area contributed by atoms with E-state index in [2.05, 4.69) is 21.2 Å². The normalized spacial score (nSPS) is 11.1. The molecule has 0 spiro atoms. The van der Waals surface area contributed by atoms with Crippen molar-refractivity contribution in [2.75, 3.05) is 6.54 Å². The number of halogens is 1. The number of aromatic nitrogens is 2. The summed E-state index contributed by atoms with van der Waals surface area (Å²) < 4.78 is 2.90. The minimum Gasteiger partial charge on any atom is -0.352 e. The van der Waals surface area contributed by atoms with Crippen LogP contribution in [0.25, 0.3) is 11.0 Å². The molecule has 0 fully saturated rings. The van der Waals surface area contributed by atoms with Crippen molar-refractivity contribution in [2.24, 2.45) is 0 Å². The molecule has 4 aromatic rings. The quantitative estimate of drug-likeness (QED) is 0.321. The SMILES string of the molecule is CC(C)N(Cc1ccccc1)C(=O)Cn1c(CCNC(=O)c2ccc(Br)cc2)nc2ccccc21. The van der Waals surface area contributed by atoms with E-state index in [9.17, 15) is 9.59 Å². The smallest absolute Gasteiger partial charge is 0.251 e. The first kappa shape index (κ1) is 24.7. The zero-order valence-electron chi connectivity index (χ0n) is 19.9. The van der Waals surface area contributed by atoms with Crippen molar-refractivity contribution in [1.29, 1.82) is 0 Å². The molecule has 1 aromatic heterocycles. The summed E-state index contributed by atoms with van der Waals surface area (Å²) in [5.41, 5.74) is 3.46. The average Bonchev–Trinajstić information content (AvgIpc) is 3.20. The number of para-hydroxylation sites is 2. The second kappa shape index (κ2) is 11.3. The van der Waals surface area contributed by atoms with Crippen molar-refractivity contribution in [3.8, 4) is 0 Å².